The summed E-state index contributed by atoms with van der Waals surface area (Å²) >= 11 is 0. The normalized spacial score (nSPS) is 11.1. The molecule has 2 aliphatic rings. The molecule has 4 rings (SSSR count). The number of likely N-dealkylation sites (N-methyl/N-ethyl adjacent to an activating group) is 8. The summed E-state index contributed by atoms with van der Waals surface area (Å²) in [5.74, 6) is 0. The largest absolute Gasteiger partial charge is 1.00 e. The number of para-hydroxylation sites is 2. The summed E-state index contributed by atoms with van der Waals surface area (Å²) in [6.07, 6.45) is 0. The fraction of sp³-hybridized carbons (Fsp3) is 0.700. The molecule has 326 valence electrons. The summed E-state index contributed by atoms with van der Waals surface area (Å²) in [5.41, 5.74) is 4.18. The number of rotatable bonds is 13. The van der Waals surface area contributed by atoms with Crippen LogP contribution in [0.1, 0.15) is 13.8 Å². The molecule has 0 radical (unpaired) electrons. The Labute approximate surface area is 420 Å². The van der Waals surface area contributed by atoms with Gasteiger partial charge in [0.15, 0.2) is 0 Å². The Morgan fingerprint density at radius 3 is 0.817 bits per heavy atom. The van der Waals surface area contributed by atoms with E-state index in [1.807, 2.05) is 48.5 Å². The van der Waals surface area contributed by atoms with Crippen LogP contribution in [0.5, 0.6) is 0 Å². The number of nitrogens with one attached hydrogen (secondary N) is 6. The number of benzene rings is 2. The van der Waals surface area contributed by atoms with Crippen molar-refractivity contribution in [3.8, 4) is 0 Å². The van der Waals surface area contributed by atoms with Crippen molar-refractivity contribution >= 4 is 36.5 Å². The van der Waals surface area contributed by atoms with Gasteiger partial charge in [0.1, 0.15) is 39.9 Å². The maximum Gasteiger partial charge on any atom is 1.00 e. The zero-order valence-electron chi connectivity index (χ0n) is 43.3. The molecule has 6 N–H and O–H groups in total. The second-order valence-corrected chi connectivity index (χ2v) is 16.1. The molecule has 14 nitrogen and oxygen atoms in total. The summed E-state index contributed by atoms with van der Waals surface area (Å²) in [5, 5.41) is 33.9. The van der Waals surface area contributed by atoms with Crippen molar-refractivity contribution in [2.45, 2.75) is 13.8 Å². The Hall–Kier alpha value is -0.241. The van der Waals surface area contributed by atoms with Gasteiger partial charge >= 0.3 is 75.4 Å². The fourth-order valence-electron chi connectivity index (χ4n) is 4.20. The van der Waals surface area contributed by atoms with Crippen molar-refractivity contribution in [1.29, 1.82) is 0 Å². The molecule has 0 unspecified atom stereocenters. The van der Waals surface area contributed by atoms with Crippen LogP contribution in [-0.2, 0) is 0 Å². The maximum absolute atomic E-state index is 8.93. The zero-order chi connectivity index (χ0) is 43.6. The van der Waals surface area contributed by atoms with Crippen molar-refractivity contribution in [3.63, 3.8) is 0 Å². The minimum atomic E-state index is -0.0326. The van der Waals surface area contributed by atoms with Gasteiger partial charge in [0, 0.05) is 37.6 Å². The fourth-order valence-corrected chi connectivity index (χ4v) is 4.20. The van der Waals surface area contributed by atoms with Gasteiger partial charge in [-0.1, -0.05) is 50.2 Å². The van der Waals surface area contributed by atoms with E-state index >= 15 is 0 Å². The third-order valence-corrected chi connectivity index (χ3v) is 7.51. The van der Waals surface area contributed by atoms with Crippen molar-refractivity contribution < 1.29 is 105 Å². The zero-order valence-corrected chi connectivity index (χ0v) is 43.3. The summed E-state index contributed by atoms with van der Waals surface area (Å²) in [6.45, 7) is 12.7. The molecule has 60 heavy (non-hydrogen) atoms. The van der Waals surface area contributed by atoms with Crippen LogP contribution in [-0.4, -0.2) is 212 Å². The summed E-state index contributed by atoms with van der Waals surface area (Å²) < 4.78 is 0. The van der Waals surface area contributed by atoms with Crippen LogP contribution >= 0.6 is 0 Å². The molecule has 0 saturated carbocycles. The second kappa shape index (κ2) is 48.2. The molecule has 2 aromatic carbocycles. The smallest absolute Gasteiger partial charge is 0.855 e. The number of anilines is 2. The monoisotopic (exact) mass is 819 g/mol. The Morgan fingerprint density at radius 2 is 0.650 bits per heavy atom. The summed E-state index contributed by atoms with van der Waals surface area (Å²) in [6, 6.07) is 16.1. The van der Waals surface area contributed by atoms with Crippen LogP contribution in [0.15, 0.2) is 48.5 Å². The Bertz CT molecular complexity index is 966. The van der Waals surface area contributed by atoms with E-state index < -0.39 is 0 Å². The first-order valence-electron chi connectivity index (χ1n) is 20.3. The molecule has 20 heteroatoms. The number of fused-ring (bicyclic) bond motifs is 2. The van der Waals surface area contributed by atoms with Crippen LogP contribution < -0.4 is 116 Å². The quantitative estimate of drug-likeness (QED) is 0.110. The van der Waals surface area contributed by atoms with Crippen LogP contribution in [0.3, 0.4) is 0 Å². The Morgan fingerprint density at radius 1 is 0.450 bits per heavy atom. The maximum atomic E-state index is 8.93. The average Bonchev–Trinajstić information content (AvgIpc) is 3.75. The van der Waals surface area contributed by atoms with Gasteiger partial charge in [-0.05, 0) is 68.5 Å². The van der Waals surface area contributed by atoms with Crippen molar-refractivity contribution in [1.82, 2.24) is 19.6 Å². The van der Waals surface area contributed by atoms with E-state index in [-0.39, 0.29) is 102 Å². The first-order chi connectivity index (χ1) is 26.2. The standard InChI is InChI=1S/C12H10B2N4.4C6H16N2.2C2H5O.4Li/c1-2-6-10-9(5-1)15-13(16-10)14-17-11-7-3-4-8-12(11)18-14;4*1-7(2)5-6-8(3)4;2*1-2-3;;;;/h1-8,15,17H;4*5-6H2,1-4H3;2*2H2,1H3;;;;/q-2;;;;;2*-1;4*+1/p+4. The van der Waals surface area contributed by atoms with Gasteiger partial charge in [0.2, 0.25) is 0 Å². The van der Waals surface area contributed by atoms with Gasteiger partial charge in [-0.15, -0.1) is 24.6 Å². The molecular weight excluding hydrogens is 730 g/mol. The number of quaternary nitrogens is 4. The SMILES string of the molecule is CC[O-].CC[O-].CN(C)CCN(C)C.CN(C)CCN(C)C.C[NH+](C)CC[NH+](C)C.C[NH+](C)CC[NH+](C)C.[Li+].[Li+].[Li+].[Li+].c1ccc2c(c1)[N-]B(B1[N-]c3ccccc3N1)N2. The molecule has 0 spiro atoms. The van der Waals surface area contributed by atoms with Gasteiger partial charge in [-0.2, -0.15) is 0 Å². The molecule has 0 saturated heterocycles. The van der Waals surface area contributed by atoms with Gasteiger partial charge in [0.05, 0.1) is 56.4 Å². The van der Waals surface area contributed by atoms with E-state index in [1.165, 1.54) is 45.8 Å². The minimum absolute atomic E-state index is 0. The molecule has 2 aromatic rings. The van der Waals surface area contributed by atoms with E-state index in [1.54, 1.807) is 13.8 Å². The third kappa shape index (κ3) is 48.8. The summed E-state index contributed by atoms with van der Waals surface area (Å²) in [7, 11) is 34.2. The molecule has 0 amide bonds. The van der Waals surface area contributed by atoms with E-state index in [4.69, 9.17) is 10.2 Å². The molecular formula is C40H88B2Li4N12O2+4. The van der Waals surface area contributed by atoms with Crippen molar-refractivity contribution in [2.24, 2.45) is 0 Å². The van der Waals surface area contributed by atoms with Crippen LogP contribution in [0, 0.1) is 0 Å². The Balaban J connectivity index is -0.000000118. The van der Waals surface area contributed by atoms with Crippen LogP contribution in [0.4, 0.5) is 22.7 Å². The first-order valence-corrected chi connectivity index (χ1v) is 20.3. The molecule has 0 fully saturated rings. The molecule has 2 heterocycles. The number of nitrogens with zero attached hydrogens (tertiary/aromatic N) is 6. The molecule has 2 aliphatic heterocycles. The Kier molecular flexibility index (Phi) is 59.6. The van der Waals surface area contributed by atoms with Crippen LogP contribution in [0.2, 0.25) is 0 Å². The third-order valence-electron chi connectivity index (χ3n) is 7.51. The topological polar surface area (TPSA) is 129 Å². The van der Waals surface area contributed by atoms with Gasteiger partial charge < -0.3 is 70.3 Å². The molecule has 0 atom stereocenters. The molecule has 0 aromatic heterocycles. The van der Waals surface area contributed by atoms with Crippen molar-refractivity contribution in [3.05, 3.63) is 59.0 Å². The van der Waals surface area contributed by atoms with E-state index in [9.17, 15) is 0 Å². The minimum Gasteiger partial charge on any atom is -0.855 e. The van der Waals surface area contributed by atoms with Gasteiger partial charge in [-0.3, -0.25) is 0 Å². The number of hydrogen-bond donors (Lipinski definition) is 6. The summed E-state index contributed by atoms with van der Waals surface area (Å²) in [4.78, 5) is 14.9. The molecule has 0 aliphatic carbocycles. The van der Waals surface area contributed by atoms with E-state index in [0.29, 0.717) is 0 Å². The first kappa shape index (κ1) is 74.1. The van der Waals surface area contributed by atoms with E-state index in [0.717, 1.165) is 48.9 Å². The molecule has 0 bridgehead atoms. The van der Waals surface area contributed by atoms with Gasteiger partial charge in [0.25, 0.3) is 0 Å². The average molecular weight is 819 g/mol. The second-order valence-electron chi connectivity index (χ2n) is 16.1. The van der Waals surface area contributed by atoms with Gasteiger partial charge in [-0.25, -0.2) is 0 Å². The van der Waals surface area contributed by atoms with Crippen LogP contribution in [0.25, 0.3) is 10.5 Å². The van der Waals surface area contributed by atoms with E-state index in [2.05, 4.69) is 153 Å². The predicted molar refractivity (Wildman–Crippen MR) is 244 cm³/mol. The van der Waals surface area contributed by atoms with Crippen molar-refractivity contribution in [2.75, 3.05) is 189 Å². The predicted octanol–water partition coefficient (Wildman–Crippen LogP) is -15.2. The number of hydrogen-bond acceptors (Lipinski definition) is 8.